The van der Waals surface area contributed by atoms with E-state index in [-0.39, 0.29) is 9.77 Å². The van der Waals surface area contributed by atoms with Crippen molar-refractivity contribution < 1.29 is 34.8 Å². The second-order valence-corrected chi connectivity index (χ2v) is 9.61. The van der Waals surface area contributed by atoms with Crippen LogP contribution in [0, 0.1) is 5.41 Å². The van der Waals surface area contributed by atoms with E-state index < -0.39 is 51.5 Å². The molecule has 0 bridgehead atoms. The highest BCUT2D eigenvalue weighted by atomic mass is 32.2. The van der Waals surface area contributed by atoms with Gasteiger partial charge in [-0.2, -0.15) is 26.3 Å². The first-order valence-electron chi connectivity index (χ1n) is 9.28. The summed E-state index contributed by atoms with van der Waals surface area (Å²) >= 11 is 0.887. The molecule has 180 valence electrons. The summed E-state index contributed by atoms with van der Waals surface area (Å²) in [5.41, 5.74) is -3.42. The maximum absolute atomic E-state index is 13.4. The van der Waals surface area contributed by atoms with E-state index in [1.807, 2.05) is 0 Å². The van der Waals surface area contributed by atoms with Crippen LogP contribution in [-0.2, 0) is 16.2 Å². The zero-order valence-electron chi connectivity index (χ0n) is 16.9. The van der Waals surface area contributed by atoms with Gasteiger partial charge < -0.3 is 5.41 Å². The van der Waals surface area contributed by atoms with Gasteiger partial charge in [-0.1, -0.05) is 24.3 Å². The number of alkyl halides is 6. The third-order valence-electron chi connectivity index (χ3n) is 4.49. The van der Waals surface area contributed by atoms with Crippen molar-refractivity contribution in [3.05, 3.63) is 71.1 Å². The van der Waals surface area contributed by atoms with E-state index in [1.165, 1.54) is 42.5 Å². The Morgan fingerprint density at radius 2 is 1.65 bits per heavy atom. The van der Waals surface area contributed by atoms with E-state index in [1.54, 1.807) is 0 Å². The number of aliphatic imine (C=N–C) groups is 1. The Morgan fingerprint density at radius 3 is 2.26 bits per heavy atom. The first-order valence-corrected chi connectivity index (χ1v) is 11.6. The van der Waals surface area contributed by atoms with E-state index in [2.05, 4.69) is 4.99 Å². The molecule has 3 N–H and O–H groups in total. The highest BCUT2D eigenvalue weighted by Gasteiger charge is 2.36. The molecule has 0 spiro atoms. The maximum Gasteiger partial charge on any atom is 0.429 e. The van der Waals surface area contributed by atoms with Crippen LogP contribution in [0.5, 0.6) is 0 Å². The van der Waals surface area contributed by atoms with Gasteiger partial charge >= 0.3 is 12.4 Å². The Hall–Kier alpha value is -3.03. The topological polar surface area (TPSA) is 96.4 Å². The molecule has 0 atom stereocenters. The lowest BCUT2D eigenvalue weighted by Crippen LogP contribution is -2.24. The fraction of sp³-hybridized carbons (Fsp3) is 0.143. The maximum atomic E-state index is 13.4. The van der Waals surface area contributed by atoms with Gasteiger partial charge in [0.05, 0.1) is 21.9 Å². The Bertz CT molecular complexity index is 1360. The molecule has 13 heteroatoms. The first kappa shape index (κ1) is 25.6. The Morgan fingerprint density at radius 1 is 0.971 bits per heavy atom. The number of primary sulfonamides is 1. The Balaban J connectivity index is 2.11. The molecule has 0 aliphatic heterocycles. The minimum absolute atomic E-state index is 0.0852. The van der Waals surface area contributed by atoms with Gasteiger partial charge in [-0.15, -0.1) is 11.3 Å². The molecule has 0 aliphatic carbocycles. The van der Waals surface area contributed by atoms with Crippen molar-refractivity contribution in [2.24, 2.45) is 10.1 Å². The molecular formula is C21H15F6N3O2S2. The van der Waals surface area contributed by atoms with Crippen LogP contribution in [-0.4, -0.2) is 26.0 Å². The van der Waals surface area contributed by atoms with Crippen molar-refractivity contribution in [1.29, 1.82) is 5.41 Å². The number of thiophene rings is 1. The molecule has 1 heterocycles. The normalized spacial score (nSPS) is 13.2. The lowest BCUT2D eigenvalue weighted by Gasteiger charge is -2.13. The zero-order chi connectivity index (χ0) is 25.3. The van der Waals surface area contributed by atoms with Gasteiger partial charge in [0.25, 0.3) is 0 Å². The number of halogens is 6. The number of nitrogens with zero attached hydrogens (tertiary/aromatic N) is 1. The van der Waals surface area contributed by atoms with Crippen molar-refractivity contribution in [2.75, 3.05) is 0 Å². The van der Waals surface area contributed by atoms with Crippen molar-refractivity contribution in [3.63, 3.8) is 0 Å². The number of sulfonamides is 1. The number of hydrogen-bond donors (Lipinski definition) is 2. The second-order valence-electron chi connectivity index (χ2n) is 6.96. The van der Waals surface area contributed by atoms with E-state index >= 15 is 0 Å². The van der Waals surface area contributed by atoms with Crippen LogP contribution in [0.2, 0.25) is 0 Å². The summed E-state index contributed by atoms with van der Waals surface area (Å²) in [5, 5.41) is 12.4. The Labute approximate surface area is 194 Å². The molecule has 0 saturated heterocycles. The summed E-state index contributed by atoms with van der Waals surface area (Å²) in [5.74, 6) is 0. The molecule has 3 aromatic rings. The third kappa shape index (κ3) is 6.10. The molecule has 0 fully saturated rings. The SMILES string of the molecule is N=C(CC(=Nc1ccccc1C(F)(F)F)c1ccc(-c2cccc(S(N)(=O)=O)c2)s1)C(F)(F)F. The molecular weight excluding hydrogens is 504 g/mol. The highest BCUT2D eigenvalue weighted by molar-refractivity contribution is 7.89. The zero-order valence-corrected chi connectivity index (χ0v) is 18.5. The Kier molecular flexibility index (Phi) is 7.01. The molecule has 5 nitrogen and oxygen atoms in total. The van der Waals surface area contributed by atoms with Gasteiger partial charge in [-0.25, -0.2) is 13.6 Å². The fourth-order valence-corrected chi connectivity index (χ4v) is 4.43. The van der Waals surface area contributed by atoms with E-state index in [0.29, 0.717) is 10.4 Å². The monoisotopic (exact) mass is 519 g/mol. The largest absolute Gasteiger partial charge is 0.429 e. The second kappa shape index (κ2) is 9.31. The van der Waals surface area contributed by atoms with Gasteiger partial charge in [0.15, 0.2) is 0 Å². The van der Waals surface area contributed by atoms with Crippen LogP contribution in [0.25, 0.3) is 10.4 Å². The summed E-state index contributed by atoms with van der Waals surface area (Å²) < 4.78 is 102. The van der Waals surface area contributed by atoms with Crippen LogP contribution in [0.1, 0.15) is 16.9 Å². The summed E-state index contributed by atoms with van der Waals surface area (Å²) in [4.78, 5) is 4.17. The summed E-state index contributed by atoms with van der Waals surface area (Å²) in [6.07, 6.45) is -10.8. The van der Waals surface area contributed by atoms with E-state index in [4.69, 9.17) is 10.5 Å². The van der Waals surface area contributed by atoms with Crippen molar-refractivity contribution >= 4 is 38.5 Å². The predicted octanol–water partition coefficient (Wildman–Crippen LogP) is 6.17. The molecule has 0 radical (unpaired) electrons. The van der Waals surface area contributed by atoms with Crippen molar-refractivity contribution in [1.82, 2.24) is 0 Å². The molecule has 0 amide bonds. The number of nitrogens with one attached hydrogen (secondary N) is 1. The van der Waals surface area contributed by atoms with Gasteiger partial charge in [0.1, 0.15) is 5.71 Å². The van der Waals surface area contributed by atoms with Crippen molar-refractivity contribution in [3.8, 4) is 10.4 Å². The highest BCUT2D eigenvalue weighted by Crippen LogP contribution is 2.38. The van der Waals surface area contributed by atoms with E-state index in [0.717, 1.165) is 29.5 Å². The number of para-hydroxylation sites is 1. The van der Waals surface area contributed by atoms with Gasteiger partial charge in [-0.3, -0.25) is 4.99 Å². The van der Waals surface area contributed by atoms with Gasteiger partial charge in [0, 0.05) is 16.2 Å². The van der Waals surface area contributed by atoms with Gasteiger partial charge in [-0.05, 0) is 42.0 Å². The van der Waals surface area contributed by atoms with Crippen molar-refractivity contribution in [2.45, 2.75) is 23.7 Å². The average Bonchev–Trinajstić information content (AvgIpc) is 3.22. The summed E-state index contributed by atoms with van der Waals surface area (Å²) in [6.45, 7) is 0. The van der Waals surface area contributed by atoms with Crippen LogP contribution >= 0.6 is 11.3 Å². The minimum atomic E-state index is -4.99. The molecule has 1 aromatic heterocycles. The number of nitrogens with two attached hydrogens (primary N) is 1. The number of rotatable bonds is 6. The molecule has 0 unspecified atom stereocenters. The lowest BCUT2D eigenvalue weighted by atomic mass is 10.1. The van der Waals surface area contributed by atoms with Gasteiger partial charge in [0.2, 0.25) is 10.0 Å². The molecule has 2 aromatic carbocycles. The van der Waals surface area contributed by atoms with Crippen LogP contribution in [0.15, 0.2) is 70.6 Å². The lowest BCUT2D eigenvalue weighted by molar-refractivity contribution is -0.137. The smallest absolute Gasteiger partial charge is 0.300 e. The average molecular weight is 519 g/mol. The van der Waals surface area contributed by atoms with E-state index in [9.17, 15) is 34.8 Å². The summed E-state index contributed by atoms with van der Waals surface area (Å²) in [6, 6.07) is 12.5. The number of benzene rings is 2. The first-order chi connectivity index (χ1) is 15.7. The standard InChI is InChI=1S/C21H15F6N3O2S2/c22-20(23,24)14-6-1-2-7-15(14)30-16(11-19(28)21(25,26)27)18-9-8-17(33-18)12-4-3-5-13(10-12)34(29,31)32/h1-10,28H,11H2,(H2,29,31,32). The van der Waals surface area contributed by atoms with Crippen LogP contribution in [0.4, 0.5) is 32.0 Å². The quantitative estimate of drug-likeness (QED) is 0.301. The molecule has 34 heavy (non-hydrogen) atoms. The minimum Gasteiger partial charge on any atom is -0.300 e. The van der Waals surface area contributed by atoms with Crippen LogP contribution in [0.3, 0.4) is 0 Å². The third-order valence-corrected chi connectivity index (χ3v) is 6.58. The molecule has 0 aliphatic rings. The summed E-state index contributed by atoms with van der Waals surface area (Å²) in [7, 11) is -4.01. The predicted molar refractivity (Wildman–Crippen MR) is 117 cm³/mol. The number of hydrogen-bond acceptors (Lipinski definition) is 5. The fourth-order valence-electron chi connectivity index (χ4n) is 2.88. The molecule has 3 rings (SSSR count). The molecule has 0 saturated carbocycles. The van der Waals surface area contributed by atoms with Crippen LogP contribution < -0.4 is 5.14 Å².